The van der Waals surface area contributed by atoms with Gasteiger partial charge in [-0.2, -0.15) is 0 Å². The Hall–Kier alpha value is -1.72. The van der Waals surface area contributed by atoms with Crippen molar-refractivity contribution < 1.29 is 9.59 Å². The van der Waals surface area contributed by atoms with E-state index in [0.29, 0.717) is 26.4 Å². The van der Waals surface area contributed by atoms with E-state index in [1.165, 1.54) is 6.07 Å². The van der Waals surface area contributed by atoms with Crippen LogP contribution in [0.2, 0.25) is 15.1 Å². The Labute approximate surface area is 163 Å². The molecule has 1 N–H and O–H groups in total. The molecule has 0 atom stereocenters. The van der Waals surface area contributed by atoms with Gasteiger partial charge >= 0.3 is 0 Å². The molecule has 2 amide bonds. The second-order valence-corrected chi connectivity index (χ2v) is 6.92. The van der Waals surface area contributed by atoms with Crippen LogP contribution in [0.1, 0.15) is 5.56 Å². The van der Waals surface area contributed by atoms with Gasteiger partial charge in [-0.05, 0) is 42.8 Å². The Morgan fingerprint density at radius 2 is 1.56 bits per heavy atom. The summed E-state index contributed by atoms with van der Waals surface area (Å²) in [6.45, 7) is 1.82. The summed E-state index contributed by atoms with van der Waals surface area (Å²) in [7, 11) is 0. The maximum atomic E-state index is 12.7. The van der Waals surface area contributed by atoms with Crippen molar-refractivity contribution in [3.8, 4) is 0 Å². The molecule has 8 heteroatoms. The molecule has 4 nitrogen and oxygen atoms in total. The van der Waals surface area contributed by atoms with Crippen molar-refractivity contribution in [1.29, 1.82) is 0 Å². The van der Waals surface area contributed by atoms with Gasteiger partial charge in [0, 0.05) is 10.7 Å². The Kier molecular flexibility index (Phi) is 4.98. The van der Waals surface area contributed by atoms with Crippen molar-refractivity contribution >= 4 is 69.6 Å². The first kappa shape index (κ1) is 18.1. The van der Waals surface area contributed by atoms with Crippen LogP contribution in [-0.4, -0.2) is 11.8 Å². The van der Waals surface area contributed by atoms with Crippen molar-refractivity contribution in [3.63, 3.8) is 0 Å². The van der Waals surface area contributed by atoms with E-state index in [1.807, 2.05) is 6.92 Å². The minimum Gasteiger partial charge on any atom is -0.350 e. The van der Waals surface area contributed by atoms with E-state index < -0.39 is 11.8 Å². The van der Waals surface area contributed by atoms with Gasteiger partial charge in [0.1, 0.15) is 10.7 Å². The summed E-state index contributed by atoms with van der Waals surface area (Å²) < 4.78 is 0. The largest absolute Gasteiger partial charge is 0.350 e. The Balaban J connectivity index is 1.93. The summed E-state index contributed by atoms with van der Waals surface area (Å²) in [6.07, 6.45) is 0. The maximum absolute atomic E-state index is 12.7. The zero-order chi connectivity index (χ0) is 18.3. The SMILES string of the molecule is Cc1ccc(N2C(=O)C(Cl)=C(Nc3ccc(Cl)c(Cl)c3)C2=O)cc1Cl. The lowest BCUT2D eigenvalue weighted by molar-refractivity contribution is -0.120. The molecule has 0 aromatic heterocycles. The molecule has 1 heterocycles. The number of nitrogens with zero attached hydrogens (tertiary/aromatic N) is 1. The third kappa shape index (κ3) is 3.35. The third-order valence-corrected chi connectivity index (χ3v) is 5.13. The van der Waals surface area contributed by atoms with E-state index in [-0.39, 0.29) is 10.7 Å². The van der Waals surface area contributed by atoms with Crippen LogP contribution in [0.4, 0.5) is 11.4 Å². The first-order chi connectivity index (χ1) is 11.8. The summed E-state index contributed by atoms with van der Waals surface area (Å²) in [5.41, 5.74) is 1.61. The number of hydrogen-bond acceptors (Lipinski definition) is 3. The van der Waals surface area contributed by atoms with Crippen molar-refractivity contribution in [2.45, 2.75) is 6.92 Å². The van der Waals surface area contributed by atoms with Gasteiger partial charge in [-0.3, -0.25) is 9.59 Å². The topological polar surface area (TPSA) is 49.4 Å². The average Bonchev–Trinajstić information content (AvgIpc) is 2.77. The number of benzene rings is 2. The van der Waals surface area contributed by atoms with E-state index in [0.717, 1.165) is 10.5 Å². The van der Waals surface area contributed by atoms with Crippen LogP contribution in [0.15, 0.2) is 47.1 Å². The third-order valence-electron chi connectivity index (χ3n) is 3.63. The van der Waals surface area contributed by atoms with Crippen LogP contribution in [-0.2, 0) is 9.59 Å². The fourth-order valence-electron chi connectivity index (χ4n) is 2.28. The lowest BCUT2D eigenvalue weighted by Gasteiger charge is -2.16. The highest BCUT2D eigenvalue weighted by Crippen LogP contribution is 2.33. The second kappa shape index (κ2) is 6.89. The number of rotatable bonds is 3. The Morgan fingerprint density at radius 3 is 2.20 bits per heavy atom. The molecule has 0 saturated heterocycles. The molecule has 3 rings (SSSR count). The summed E-state index contributed by atoms with van der Waals surface area (Å²) in [5.74, 6) is -1.21. The minimum atomic E-state index is -0.630. The zero-order valence-corrected chi connectivity index (χ0v) is 15.8. The Bertz CT molecular complexity index is 940. The van der Waals surface area contributed by atoms with E-state index in [9.17, 15) is 9.59 Å². The maximum Gasteiger partial charge on any atom is 0.283 e. The predicted octanol–water partition coefficient (Wildman–Crippen LogP) is 5.39. The monoisotopic (exact) mass is 414 g/mol. The van der Waals surface area contributed by atoms with Crippen LogP contribution in [0.5, 0.6) is 0 Å². The van der Waals surface area contributed by atoms with Crippen LogP contribution >= 0.6 is 46.4 Å². The molecule has 0 bridgehead atoms. The van der Waals surface area contributed by atoms with E-state index in [1.54, 1.807) is 30.3 Å². The predicted molar refractivity (Wildman–Crippen MR) is 102 cm³/mol. The van der Waals surface area contributed by atoms with Crippen LogP contribution in [0.3, 0.4) is 0 Å². The molecular weight excluding hydrogens is 406 g/mol. The Morgan fingerprint density at radius 1 is 0.840 bits per heavy atom. The van der Waals surface area contributed by atoms with Crippen LogP contribution in [0, 0.1) is 6.92 Å². The molecule has 1 aliphatic heterocycles. The number of anilines is 2. The molecule has 128 valence electrons. The molecule has 0 saturated carbocycles. The van der Waals surface area contributed by atoms with E-state index in [4.69, 9.17) is 46.4 Å². The van der Waals surface area contributed by atoms with E-state index in [2.05, 4.69) is 5.32 Å². The van der Waals surface area contributed by atoms with Gasteiger partial charge < -0.3 is 5.32 Å². The number of amides is 2. The lowest BCUT2D eigenvalue weighted by Crippen LogP contribution is -2.32. The van der Waals surface area contributed by atoms with Crippen LogP contribution < -0.4 is 10.2 Å². The van der Waals surface area contributed by atoms with Gasteiger partial charge in [0.15, 0.2) is 0 Å². The lowest BCUT2D eigenvalue weighted by atomic mass is 10.2. The van der Waals surface area contributed by atoms with Gasteiger partial charge in [-0.15, -0.1) is 0 Å². The number of nitrogens with one attached hydrogen (secondary N) is 1. The normalized spacial score (nSPS) is 14.5. The highest BCUT2D eigenvalue weighted by molar-refractivity contribution is 6.53. The molecule has 0 spiro atoms. The second-order valence-electron chi connectivity index (χ2n) is 5.32. The number of carbonyl (C=O) groups excluding carboxylic acids is 2. The molecule has 0 aliphatic carbocycles. The fourth-order valence-corrected chi connectivity index (χ4v) is 2.97. The molecule has 0 radical (unpaired) electrons. The van der Waals surface area contributed by atoms with Gasteiger partial charge in [0.2, 0.25) is 0 Å². The highest BCUT2D eigenvalue weighted by Gasteiger charge is 2.39. The fraction of sp³-hybridized carbons (Fsp3) is 0.0588. The first-order valence-electron chi connectivity index (χ1n) is 7.06. The van der Waals surface area contributed by atoms with Gasteiger partial charge in [0.05, 0.1) is 15.7 Å². The average molecular weight is 416 g/mol. The number of imide groups is 1. The molecule has 0 unspecified atom stereocenters. The molecule has 25 heavy (non-hydrogen) atoms. The smallest absolute Gasteiger partial charge is 0.283 e. The first-order valence-corrected chi connectivity index (χ1v) is 8.57. The van der Waals surface area contributed by atoms with Gasteiger partial charge in [0.25, 0.3) is 11.8 Å². The highest BCUT2D eigenvalue weighted by atomic mass is 35.5. The van der Waals surface area contributed by atoms with Crippen molar-refractivity contribution in [3.05, 3.63) is 67.8 Å². The summed E-state index contributed by atoms with van der Waals surface area (Å²) in [5, 5.41) is 3.73. The summed E-state index contributed by atoms with van der Waals surface area (Å²) >= 11 is 24.0. The number of hydrogen-bond donors (Lipinski definition) is 1. The standard InChI is InChI=1S/C17H10Cl4N2O2/c1-8-2-4-10(7-12(8)19)23-16(24)14(21)15(17(23)25)22-9-3-5-11(18)13(20)6-9/h2-7,22H,1H3. The summed E-state index contributed by atoms with van der Waals surface area (Å²) in [6, 6.07) is 9.61. The summed E-state index contributed by atoms with van der Waals surface area (Å²) in [4.78, 5) is 26.1. The zero-order valence-electron chi connectivity index (χ0n) is 12.7. The molecule has 2 aromatic carbocycles. The molecule has 2 aromatic rings. The van der Waals surface area contributed by atoms with Gasteiger partial charge in [-0.1, -0.05) is 52.5 Å². The molecular formula is C17H10Cl4N2O2. The van der Waals surface area contributed by atoms with Crippen LogP contribution in [0.25, 0.3) is 0 Å². The van der Waals surface area contributed by atoms with Crippen molar-refractivity contribution in [1.82, 2.24) is 0 Å². The number of halogens is 4. The number of carbonyl (C=O) groups is 2. The quantitative estimate of drug-likeness (QED) is 0.683. The molecule has 0 fully saturated rings. The molecule has 1 aliphatic rings. The number of aryl methyl sites for hydroxylation is 1. The minimum absolute atomic E-state index is 0.0400. The van der Waals surface area contributed by atoms with E-state index >= 15 is 0 Å². The van der Waals surface area contributed by atoms with Crippen molar-refractivity contribution in [2.24, 2.45) is 0 Å². The van der Waals surface area contributed by atoms with Crippen molar-refractivity contribution in [2.75, 3.05) is 10.2 Å². The van der Waals surface area contributed by atoms with Gasteiger partial charge in [-0.25, -0.2) is 4.90 Å².